The number of fused-ring (bicyclic) bond motifs is 1. The average Bonchev–Trinajstić information content (AvgIpc) is 3.63. The number of para-hydroxylation sites is 1. The van der Waals surface area contributed by atoms with Gasteiger partial charge in [-0.25, -0.2) is 4.98 Å². The zero-order valence-electron chi connectivity index (χ0n) is 25.4. The van der Waals surface area contributed by atoms with Gasteiger partial charge in [0, 0.05) is 60.0 Å². The van der Waals surface area contributed by atoms with Crippen LogP contribution in [0.5, 0.6) is 5.75 Å². The van der Waals surface area contributed by atoms with Crippen molar-refractivity contribution in [2.75, 3.05) is 44.7 Å². The number of carbonyl (C=O) groups excluding carboxylic acids is 1. The van der Waals surface area contributed by atoms with Gasteiger partial charge in [0.25, 0.3) is 5.56 Å². The molecular weight excluding hydrogens is 592 g/mol. The molecule has 2 atom stereocenters. The SMILES string of the molecule is COc1cccc(N2CCC3(CCN(CC(CCCC=O)Sc4nc5c(C)cccc5c(=O)n4-c4cccc(Cl)c4)C3)C2)c1. The molecule has 230 valence electrons. The van der Waals surface area contributed by atoms with Gasteiger partial charge < -0.3 is 19.3 Å². The fraction of sp³-hybridized carbons (Fsp3) is 0.400. The van der Waals surface area contributed by atoms with Crippen molar-refractivity contribution in [3.8, 4) is 11.4 Å². The Balaban J connectivity index is 1.25. The van der Waals surface area contributed by atoms with Crippen molar-refractivity contribution < 1.29 is 9.53 Å². The zero-order chi connectivity index (χ0) is 30.7. The highest BCUT2D eigenvalue weighted by Gasteiger charge is 2.44. The summed E-state index contributed by atoms with van der Waals surface area (Å²) in [6, 6.07) is 21.5. The first-order valence-electron chi connectivity index (χ1n) is 15.4. The first-order valence-corrected chi connectivity index (χ1v) is 16.6. The van der Waals surface area contributed by atoms with Gasteiger partial charge in [-0.15, -0.1) is 0 Å². The number of carbonyl (C=O) groups is 1. The van der Waals surface area contributed by atoms with Gasteiger partial charge in [0.05, 0.1) is 23.7 Å². The van der Waals surface area contributed by atoms with Crippen LogP contribution >= 0.6 is 23.4 Å². The Morgan fingerprint density at radius 3 is 2.66 bits per heavy atom. The molecule has 2 saturated heterocycles. The third-order valence-corrected chi connectivity index (χ3v) is 10.5. The Kier molecular flexibility index (Phi) is 9.31. The Morgan fingerprint density at radius 1 is 1.05 bits per heavy atom. The van der Waals surface area contributed by atoms with Gasteiger partial charge in [0.2, 0.25) is 0 Å². The molecule has 3 aromatic carbocycles. The van der Waals surface area contributed by atoms with Crippen LogP contribution in [0, 0.1) is 12.3 Å². The molecule has 1 aromatic heterocycles. The number of benzene rings is 3. The van der Waals surface area contributed by atoms with Crippen LogP contribution in [-0.2, 0) is 4.79 Å². The second-order valence-electron chi connectivity index (χ2n) is 12.2. The molecule has 0 N–H and O–H groups in total. The lowest BCUT2D eigenvalue weighted by Gasteiger charge is -2.28. The molecule has 9 heteroatoms. The van der Waals surface area contributed by atoms with E-state index in [0.29, 0.717) is 27.7 Å². The molecule has 0 aliphatic carbocycles. The van der Waals surface area contributed by atoms with Crippen LogP contribution in [0.25, 0.3) is 16.6 Å². The minimum atomic E-state index is -0.0983. The fourth-order valence-electron chi connectivity index (χ4n) is 6.79. The van der Waals surface area contributed by atoms with Gasteiger partial charge in [-0.3, -0.25) is 9.36 Å². The Labute approximate surface area is 268 Å². The first-order chi connectivity index (χ1) is 21.4. The van der Waals surface area contributed by atoms with E-state index in [1.165, 1.54) is 18.5 Å². The highest BCUT2D eigenvalue weighted by Crippen LogP contribution is 2.42. The van der Waals surface area contributed by atoms with Crippen molar-refractivity contribution >= 4 is 46.2 Å². The number of aldehydes is 1. The number of hydrogen-bond acceptors (Lipinski definition) is 7. The molecule has 3 heterocycles. The van der Waals surface area contributed by atoms with Crippen LogP contribution in [0.3, 0.4) is 0 Å². The molecule has 44 heavy (non-hydrogen) atoms. The van der Waals surface area contributed by atoms with Crippen LogP contribution in [0.2, 0.25) is 5.02 Å². The minimum absolute atomic E-state index is 0.0983. The highest BCUT2D eigenvalue weighted by molar-refractivity contribution is 7.99. The van der Waals surface area contributed by atoms with Crippen molar-refractivity contribution in [3.63, 3.8) is 0 Å². The van der Waals surface area contributed by atoms with E-state index >= 15 is 0 Å². The van der Waals surface area contributed by atoms with E-state index in [4.69, 9.17) is 21.3 Å². The molecule has 0 amide bonds. The molecule has 2 aliphatic rings. The van der Waals surface area contributed by atoms with Gasteiger partial charge >= 0.3 is 0 Å². The summed E-state index contributed by atoms with van der Waals surface area (Å²) >= 11 is 8.03. The summed E-state index contributed by atoms with van der Waals surface area (Å²) in [5.41, 5.74) is 3.80. The summed E-state index contributed by atoms with van der Waals surface area (Å²) < 4.78 is 7.18. The fourth-order valence-corrected chi connectivity index (χ4v) is 8.28. The second kappa shape index (κ2) is 13.3. The number of nitrogens with zero attached hydrogens (tertiary/aromatic N) is 4. The van der Waals surface area contributed by atoms with Gasteiger partial charge in [-0.2, -0.15) is 0 Å². The number of halogens is 1. The second-order valence-corrected chi connectivity index (χ2v) is 13.9. The Hall–Kier alpha value is -3.33. The van der Waals surface area contributed by atoms with Crippen LogP contribution in [0.4, 0.5) is 5.69 Å². The van der Waals surface area contributed by atoms with Gasteiger partial charge in [0.1, 0.15) is 12.0 Å². The summed E-state index contributed by atoms with van der Waals surface area (Å²) in [5.74, 6) is 0.889. The predicted molar refractivity (Wildman–Crippen MR) is 180 cm³/mol. The third-order valence-electron chi connectivity index (χ3n) is 9.09. The molecule has 0 saturated carbocycles. The maximum absolute atomic E-state index is 14.0. The van der Waals surface area contributed by atoms with E-state index < -0.39 is 0 Å². The number of methoxy groups -OCH3 is 1. The van der Waals surface area contributed by atoms with E-state index in [1.807, 2.05) is 55.5 Å². The molecule has 2 unspecified atom stereocenters. The third kappa shape index (κ3) is 6.53. The minimum Gasteiger partial charge on any atom is -0.497 e. The quantitative estimate of drug-likeness (QED) is 0.0782. The van der Waals surface area contributed by atoms with Gasteiger partial charge in [-0.1, -0.05) is 47.6 Å². The number of anilines is 1. The normalized spacial score (nSPS) is 19.2. The molecule has 2 fully saturated rings. The van der Waals surface area contributed by atoms with E-state index in [-0.39, 0.29) is 16.2 Å². The molecule has 7 nitrogen and oxygen atoms in total. The molecule has 0 radical (unpaired) electrons. The maximum Gasteiger partial charge on any atom is 0.266 e. The topological polar surface area (TPSA) is 67.7 Å². The summed E-state index contributed by atoms with van der Waals surface area (Å²) in [4.78, 5) is 35.4. The summed E-state index contributed by atoms with van der Waals surface area (Å²) in [6.07, 6.45) is 5.53. The molecule has 0 bridgehead atoms. The van der Waals surface area contributed by atoms with E-state index in [1.54, 1.807) is 23.4 Å². The maximum atomic E-state index is 14.0. The lowest BCUT2D eigenvalue weighted by atomic mass is 9.86. The number of likely N-dealkylation sites (tertiary alicyclic amines) is 1. The van der Waals surface area contributed by atoms with Crippen LogP contribution < -0.4 is 15.2 Å². The number of thioether (sulfide) groups is 1. The molecule has 4 aromatic rings. The molecule has 2 aliphatic heterocycles. The smallest absolute Gasteiger partial charge is 0.266 e. The van der Waals surface area contributed by atoms with E-state index in [9.17, 15) is 9.59 Å². The monoisotopic (exact) mass is 630 g/mol. The predicted octanol–water partition coefficient (Wildman–Crippen LogP) is 6.79. The van der Waals surface area contributed by atoms with Crippen LogP contribution in [0.1, 0.15) is 37.7 Å². The Bertz CT molecular complexity index is 1710. The number of rotatable bonds is 11. The lowest BCUT2D eigenvalue weighted by molar-refractivity contribution is -0.107. The van der Waals surface area contributed by atoms with Crippen molar-refractivity contribution in [1.29, 1.82) is 0 Å². The summed E-state index contributed by atoms with van der Waals surface area (Å²) in [5, 5.41) is 1.99. The van der Waals surface area contributed by atoms with Crippen LogP contribution in [-0.4, -0.2) is 65.8 Å². The average molecular weight is 631 g/mol. The molecule has 6 rings (SSSR count). The molecular formula is C35H39ClN4O3S. The Morgan fingerprint density at radius 2 is 1.84 bits per heavy atom. The summed E-state index contributed by atoms with van der Waals surface area (Å²) in [7, 11) is 1.71. The zero-order valence-corrected chi connectivity index (χ0v) is 26.9. The number of hydrogen-bond donors (Lipinski definition) is 0. The van der Waals surface area contributed by atoms with Crippen molar-refractivity contribution in [3.05, 3.63) is 87.7 Å². The number of aryl methyl sites for hydroxylation is 1. The highest BCUT2D eigenvalue weighted by atomic mass is 35.5. The largest absolute Gasteiger partial charge is 0.497 e. The number of unbranched alkanes of at least 4 members (excludes halogenated alkanes) is 1. The molecule has 1 spiro atoms. The standard InChI is InChI=1S/C35H39ClN4O3S/c1-25-8-5-14-31-32(25)37-34(40(33(31)42)28-11-6-9-26(36)20-28)44-30(13-3-4-19-41)22-38-17-15-35(23-38)16-18-39(24-35)27-10-7-12-29(21-27)43-2/h5-12,14,19-21,30H,3-4,13,15-18,22-24H2,1-2H3. The van der Waals surface area contributed by atoms with E-state index in [0.717, 1.165) is 68.7 Å². The number of ether oxygens (including phenoxy) is 1. The van der Waals surface area contributed by atoms with Crippen LogP contribution in [0.15, 0.2) is 76.7 Å². The van der Waals surface area contributed by atoms with Gasteiger partial charge in [0.15, 0.2) is 5.16 Å². The number of aromatic nitrogens is 2. The van der Waals surface area contributed by atoms with Crippen molar-refractivity contribution in [1.82, 2.24) is 14.5 Å². The van der Waals surface area contributed by atoms with Crippen molar-refractivity contribution in [2.45, 2.75) is 49.4 Å². The summed E-state index contributed by atoms with van der Waals surface area (Å²) in [6.45, 7) is 7.05. The lowest BCUT2D eigenvalue weighted by Crippen LogP contribution is -2.34. The first kappa shape index (κ1) is 30.7. The van der Waals surface area contributed by atoms with Crippen molar-refractivity contribution in [2.24, 2.45) is 5.41 Å². The van der Waals surface area contributed by atoms with E-state index in [2.05, 4.69) is 28.0 Å². The van der Waals surface area contributed by atoms with Gasteiger partial charge in [-0.05, 0) is 81.1 Å².